The standard InChI is InChI=1S/C21H24N4OS/c1-25-11-5-6-14(13-25)22-21-17-8-4-3-7-16(17)20(23-24-21)18-10-9-15(27-2)12-19(18)26/h3-4,7-10,12,14,26H,5-6,11,13H2,1-2H3,(H,22,24). The van der Waals surface area contributed by atoms with Gasteiger partial charge in [0.15, 0.2) is 5.82 Å². The number of aromatic nitrogens is 2. The van der Waals surface area contributed by atoms with E-state index >= 15 is 0 Å². The molecule has 0 aliphatic carbocycles. The number of anilines is 1. The third kappa shape index (κ3) is 3.73. The van der Waals surface area contributed by atoms with Gasteiger partial charge < -0.3 is 15.3 Å². The Kier molecular flexibility index (Phi) is 5.18. The zero-order valence-electron chi connectivity index (χ0n) is 15.6. The second-order valence-electron chi connectivity index (χ2n) is 7.07. The number of benzene rings is 2. The molecule has 5 nitrogen and oxygen atoms in total. The summed E-state index contributed by atoms with van der Waals surface area (Å²) in [6.07, 6.45) is 4.32. The lowest BCUT2D eigenvalue weighted by Gasteiger charge is -2.30. The Morgan fingerprint density at radius 1 is 1.15 bits per heavy atom. The fraction of sp³-hybridized carbons (Fsp3) is 0.333. The molecule has 2 aromatic carbocycles. The average molecular weight is 381 g/mol. The van der Waals surface area contributed by atoms with Crippen LogP contribution in [-0.4, -0.2) is 52.6 Å². The number of fused-ring (bicyclic) bond motifs is 1. The van der Waals surface area contributed by atoms with Crippen LogP contribution in [0.25, 0.3) is 22.0 Å². The van der Waals surface area contributed by atoms with Gasteiger partial charge in [-0.1, -0.05) is 24.3 Å². The second-order valence-corrected chi connectivity index (χ2v) is 7.95. The first-order chi connectivity index (χ1) is 13.2. The zero-order chi connectivity index (χ0) is 18.8. The summed E-state index contributed by atoms with van der Waals surface area (Å²) >= 11 is 1.60. The summed E-state index contributed by atoms with van der Waals surface area (Å²) in [4.78, 5) is 3.37. The third-order valence-corrected chi connectivity index (χ3v) is 5.84. The Balaban J connectivity index is 1.74. The van der Waals surface area contributed by atoms with Crippen molar-refractivity contribution >= 4 is 28.4 Å². The predicted molar refractivity (Wildman–Crippen MR) is 113 cm³/mol. The van der Waals surface area contributed by atoms with E-state index in [1.54, 1.807) is 17.8 Å². The topological polar surface area (TPSA) is 61.3 Å². The molecular formula is C21H24N4OS. The molecule has 27 heavy (non-hydrogen) atoms. The van der Waals surface area contributed by atoms with Gasteiger partial charge in [-0.05, 0) is 50.9 Å². The Hall–Kier alpha value is -2.31. The van der Waals surface area contributed by atoms with Crippen molar-refractivity contribution in [3.63, 3.8) is 0 Å². The minimum absolute atomic E-state index is 0.232. The van der Waals surface area contributed by atoms with Crippen LogP contribution in [-0.2, 0) is 0 Å². The van der Waals surface area contributed by atoms with E-state index in [1.165, 1.54) is 6.42 Å². The van der Waals surface area contributed by atoms with Crippen LogP contribution in [0.4, 0.5) is 5.82 Å². The first kappa shape index (κ1) is 18.1. The number of hydrogen-bond donors (Lipinski definition) is 2. The Labute approximate surface area is 163 Å². The molecule has 1 aromatic heterocycles. The summed E-state index contributed by atoms with van der Waals surface area (Å²) in [5.41, 5.74) is 1.42. The number of nitrogens with zero attached hydrogens (tertiary/aromatic N) is 3. The van der Waals surface area contributed by atoms with Gasteiger partial charge in [-0.25, -0.2) is 0 Å². The van der Waals surface area contributed by atoms with Crippen LogP contribution in [0, 0.1) is 0 Å². The number of likely N-dealkylation sites (tertiary alicyclic amines) is 1. The monoisotopic (exact) mass is 380 g/mol. The highest BCUT2D eigenvalue weighted by Crippen LogP contribution is 2.36. The second kappa shape index (κ2) is 7.74. The maximum Gasteiger partial charge on any atom is 0.156 e. The summed E-state index contributed by atoms with van der Waals surface area (Å²) < 4.78 is 0. The lowest BCUT2D eigenvalue weighted by molar-refractivity contribution is 0.261. The normalized spacial score (nSPS) is 17.9. The van der Waals surface area contributed by atoms with Crippen LogP contribution in [0.5, 0.6) is 5.75 Å². The maximum atomic E-state index is 10.5. The highest BCUT2D eigenvalue weighted by molar-refractivity contribution is 7.98. The van der Waals surface area contributed by atoms with E-state index in [4.69, 9.17) is 0 Å². The van der Waals surface area contributed by atoms with Crippen molar-refractivity contribution in [3.05, 3.63) is 42.5 Å². The summed E-state index contributed by atoms with van der Waals surface area (Å²) in [7, 11) is 2.15. The highest BCUT2D eigenvalue weighted by Gasteiger charge is 2.20. The van der Waals surface area contributed by atoms with Gasteiger partial charge in [-0.15, -0.1) is 22.0 Å². The van der Waals surface area contributed by atoms with E-state index in [0.717, 1.165) is 41.0 Å². The number of piperidine rings is 1. The molecule has 1 aliphatic rings. The first-order valence-electron chi connectivity index (χ1n) is 9.23. The van der Waals surface area contributed by atoms with Crippen molar-refractivity contribution < 1.29 is 5.11 Å². The molecule has 1 fully saturated rings. The smallest absolute Gasteiger partial charge is 0.156 e. The van der Waals surface area contributed by atoms with E-state index in [2.05, 4.69) is 33.5 Å². The van der Waals surface area contributed by atoms with Gasteiger partial charge in [0.1, 0.15) is 11.4 Å². The number of hydrogen-bond acceptors (Lipinski definition) is 6. The van der Waals surface area contributed by atoms with E-state index in [9.17, 15) is 5.11 Å². The van der Waals surface area contributed by atoms with Gasteiger partial charge >= 0.3 is 0 Å². The summed E-state index contributed by atoms with van der Waals surface area (Å²) in [5.74, 6) is 1.05. The van der Waals surface area contributed by atoms with Gasteiger partial charge in [0, 0.05) is 33.8 Å². The van der Waals surface area contributed by atoms with Crippen molar-refractivity contribution in [2.45, 2.75) is 23.8 Å². The molecule has 0 radical (unpaired) electrons. The summed E-state index contributed by atoms with van der Waals surface area (Å²) in [6.45, 7) is 2.16. The van der Waals surface area contributed by atoms with Gasteiger partial charge in [0.2, 0.25) is 0 Å². The Morgan fingerprint density at radius 3 is 2.70 bits per heavy atom. The Bertz CT molecular complexity index is 962. The molecule has 2 heterocycles. The molecule has 2 N–H and O–H groups in total. The number of nitrogens with one attached hydrogen (secondary N) is 1. The van der Waals surface area contributed by atoms with Gasteiger partial charge in [0.05, 0.1) is 0 Å². The van der Waals surface area contributed by atoms with Crippen molar-refractivity contribution in [2.75, 3.05) is 31.7 Å². The molecule has 1 saturated heterocycles. The van der Waals surface area contributed by atoms with Crippen LogP contribution in [0.3, 0.4) is 0 Å². The first-order valence-corrected chi connectivity index (χ1v) is 10.5. The molecule has 4 rings (SSSR count). The van der Waals surface area contributed by atoms with Crippen molar-refractivity contribution in [2.24, 2.45) is 0 Å². The molecule has 140 valence electrons. The summed E-state index contributed by atoms with van der Waals surface area (Å²) in [5, 5.41) is 25.1. The molecule has 6 heteroatoms. The minimum atomic E-state index is 0.232. The molecule has 0 bridgehead atoms. The number of phenolic OH excluding ortho intramolecular Hbond substituents is 1. The lowest BCUT2D eigenvalue weighted by Crippen LogP contribution is -2.40. The van der Waals surface area contributed by atoms with Crippen LogP contribution in [0.15, 0.2) is 47.4 Å². The Morgan fingerprint density at radius 2 is 1.96 bits per heavy atom. The van der Waals surface area contributed by atoms with E-state index in [-0.39, 0.29) is 5.75 Å². The third-order valence-electron chi connectivity index (χ3n) is 5.11. The molecule has 3 aromatic rings. The van der Waals surface area contributed by atoms with Crippen LogP contribution in [0.2, 0.25) is 0 Å². The fourth-order valence-electron chi connectivity index (χ4n) is 3.73. The number of aromatic hydroxyl groups is 1. The molecular weight excluding hydrogens is 356 g/mol. The summed E-state index contributed by atoms with van der Waals surface area (Å²) in [6, 6.07) is 14.2. The van der Waals surface area contributed by atoms with E-state index < -0.39 is 0 Å². The molecule has 1 aliphatic heterocycles. The number of phenols is 1. The van der Waals surface area contributed by atoms with Crippen LogP contribution >= 0.6 is 11.8 Å². The van der Waals surface area contributed by atoms with E-state index in [0.29, 0.717) is 17.3 Å². The maximum absolute atomic E-state index is 10.5. The molecule has 1 unspecified atom stereocenters. The van der Waals surface area contributed by atoms with E-state index in [1.807, 2.05) is 36.6 Å². The number of likely N-dealkylation sites (N-methyl/N-ethyl adjacent to an activating group) is 1. The number of rotatable bonds is 4. The lowest BCUT2D eigenvalue weighted by atomic mass is 10.0. The zero-order valence-corrected chi connectivity index (χ0v) is 16.5. The van der Waals surface area contributed by atoms with Gasteiger partial charge in [0.25, 0.3) is 0 Å². The largest absolute Gasteiger partial charge is 0.507 e. The van der Waals surface area contributed by atoms with Crippen LogP contribution < -0.4 is 5.32 Å². The van der Waals surface area contributed by atoms with Crippen molar-refractivity contribution in [1.29, 1.82) is 0 Å². The molecule has 0 spiro atoms. The molecule has 1 atom stereocenters. The van der Waals surface area contributed by atoms with Crippen molar-refractivity contribution in [1.82, 2.24) is 15.1 Å². The highest BCUT2D eigenvalue weighted by atomic mass is 32.2. The van der Waals surface area contributed by atoms with Crippen LogP contribution in [0.1, 0.15) is 12.8 Å². The van der Waals surface area contributed by atoms with Gasteiger partial charge in [-0.2, -0.15) is 0 Å². The number of thioether (sulfide) groups is 1. The fourth-order valence-corrected chi connectivity index (χ4v) is 4.16. The molecule has 0 saturated carbocycles. The predicted octanol–water partition coefficient (Wildman–Crippen LogP) is 4.23. The molecule has 0 amide bonds. The average Bonchev–Trinajstić information content (AvgIpc) is 2.68. The quantitative estimate of drug-likeness (QED) is 0.661. The minimum Gasteiger partial charge on any atom is -0.507 e. The van der Waals surface area contributed by atoms with Gasteiger partial charge in [-0.3, -0.25) is 0 Å². The SMILES string of the molecule is CSc1ccc(-c2nnc(NC3CCCN(C)C3)c3ccccc23)c(O)c1. The van der Waals surface area contributed by atoms with Crippen molar-refractivity contribution in [3.8, 4) is 17.0 Å².